The van der Waals surface area contributed by atoms with E-state index in [-0.39, 0.29) is 11.9 Å². The van der Waals surface area contributed by atoms with Crippen LogP contribution in [-0.4, -0.2) is 73.6 Å². The van der Waals surface area contributed by atoms with Crippen molar-refractivity contribution in [2.75, 3.05) is 46.9 Å². The van der Waals surface area contributed by atoms with Gasteiger partial charge in [-0.25, -0.2) is 4.79 Å². The van der Waals surface area contributed by atoms with Gasteiger partial charge in [0.2, 0.25) is 5.91 Å². The van der Waals surface area contributed by atoms with Crippen LogP contribution in [0.1, 0.15) is 18.1 Å². The molecule has 1 saturated heterocycles. The standard InChI is InChI=1S/C25H30ClN3O4/c1-4-33-22-17-20(16-21(26)24(22)32-3)10-11-23(30)28-12-14-29(15-13-28)25(31)27(2)18-19-8-6-5-7-9-19/h5-11,16-17H,4,12-15,18H2,1-3H3. The molecule has 7 nitrogen and oxygen atoms in total. The normalized spacial score (nSPS) is 13.8. The fraction of sp³-hybridized carbons (Fsp3) is 0.360. The molecule has 33 heavy (non-hydrogen) atoms. The lowest BCUT2D eigenvalue weighted by molar-refractivity contribution is -0.127. The predicted octanol–water partition coefficient (Wildman–Crippen LogP) is 4.16. The maximum atomic E-state index is 12.8. The monoisotopic (exact) mass is 471 g/mol. The van der Waals surface area contributed by atoms with Crippen molar-refractivity contribution in [1.82, 2.24) is 14.7 Å². The summed E-state index contributed by atoms with van der Waals surface area (Å²) in [5.41, 5.74) is 1.83. The highest BCUT2D eigenvalue weighted by atomic mass is 35.5. The van der Waals surface area contributed by atoms with Gasteiger partial charge in [-0.3, -0.25) is 4.79 Å². The van der Waals surface area contributed by atoms with Crippen LogP contribution >= 0.6 is 11.6 Å². The van der Waals surface area contributed by atoms with E-state index >= 15 is 0 Å². The van der Waals surface area contributed by atoms with Crippen molar-refractivity contribution in [3.63, 3.8) is 0 Å². The van der Waals surface area contributed by atoms with Crippen LogP contribution in [0.2, 0.25) is 5.02 Å². The molecule has 0 bridgehead atoms. The minimum absolute atomic E-state index is 0.0298. The van der Waals surface area contributed by atoms with Crippen LogP contribution in [0.15, 0.2) is 48.5 Å². The van der Waals surface area contributed by atoms with Crippen molar-refractivity contribution in [2.45, 2.75) is 13.5 Å². The van der Waals surface area contributed by atoms with Gasteiger partial charge in [0.25, 0.3) is 0 Å². The molecule has 2 aromatic rings. The molecule has 8 heteroatoms. The fourth-order valence-electron chi connectivity index (χ4n) is 3.70. The van der Waals surface area contributed by atoms with Gasteiger partial charge < -0.3 is 24.2 Å². The second-order valence-corrected chi connectivity index (χ2v) is 8.14. The molecule has 3 rings (SSSR count). The number of rotatable bonds is 7. The van der Waals surface area contributed by atoms with Crippen molar-refractivity contribution in [2.24, 2.45) is 0 Å². The molecule has 0 radical (unpaired) electrons. The molecule has 1 heterocycles. The second-order valence-electron chi connectivity index (χ2n) is 7.74. The Morgan fingerprint density at radius 1 is 1.09 bits per heavy atom. The van der Waals surface area contributed by atoms with E-state index in [2.05, 4.69) is 0 Å². The van der Waals surface area contributed by atoms with Crippen LogP contribution in [0, 0.1) is 0 Å². The van der Waals surface area contributed by atoms with E-state index in [0.29, 0.717) is 55.9 Å². The molecule has 0 unspecified atom stereocenters. The zero-order valence-electron chi connectivity index (χ0n) is 19.3. The topological polar surface area (TPSA) is 62.3 Å². The Labute approximate surface area is 200 Å². The number of methoxy groups -OCH3 is 1. The van der Waals surface area contributed by atoms with E-state index in [0.717, 1.165) is 11.1 Å². The number of piperazine rings is 1. The van der Waals surface area contributed by atoms with Crippen molar-refractivity contribution in [3.8, 4) is 11.5 Å². The van der Waals surface area contributed by atoms with Gasteiger partial charge in [0.1, 0.15) is 0 Å². The molecule has 0 aromatic heterocycles. The summed E-state index contributed by atoms with van der Waals surface area (Å²) in [5.74, 6) is 0.899. The number of halogens is 1. The number of carbonyl (C=O) groups is 2. The zero-order valence-corrected chi connectivity index (χ0v) is 20.0. The van der Waals surface area contributed by atoms with E-state index in [1.54, 1.807) is 40.0 Å². The molecule has 0 aliphatic carbocycles. The highest BCUT2D eigenvalue weighted by Gasteiger charge is 2.25. The maximum Gasteiger partial charge on any atom is 0.320 e. The van der Waals surface area contributed by atoms with Gasteiger partial charge in [-0.2, -0.15) is 0 Å². The van der Waals surface area contributed by atoms with Gasteiger partial charge in [0.05, 0.1) is 18.7 Å². The SMILES string of the molecule is CCOc1cc(C=CC(=O)N2CCN(C(=O)N(C)Cc3ccccc3)CC2)cc(Cl)c1OC. The van der Waals surface area contributed by atoms with Gasteiger partial charge >= 0.3 is 6.03 Å². The van der Waals surface area contributed by atoms with Crippen LogP contribution in [0.5, 0.6) is 11.5 Å². The molecule has 0 spiro atoms. The minimum Gasteiger partial charge on any atom is -0.491 e. The van der Waals surface area contributed by atoms with E-state index in [1.807, 2.05) is 37.3 Å². The predicted molar refractivity (Wildman–Crippen MR) is 130 cm³/mol. The van der Waals surface area contributed by atoms with Crippen molar-refractivity contribution >= 4 is 29.6 Å². The van der Waals surface area contributed by atoms with Gasteiger partial charge in [-0.1, -0.05) is 41.9 Å². The number of amides is 3. The van der Waals surface area contributed by atoms with Gasteiger partial charge in [0.15, 0.2) is 11.5 Å². The summed E-state index contributed by atoms with van der Waals surface area (Å²) in [5, 5.41) is 0.419. The van der Waals surface area contributed by atoms with Gasteiger partial charge in [-0.15, -0.1) is 0 Å². The third-order valence-corrected chi connectivity index (χ3v) is 5.69. The van der Waals surface area contributed by atoms with Crippen LogP contribution in [-0.2, 0) is 11.3 Å². The van der Waals surface area contributed by atoms with E-state index < -0.39 is 0 Å². The molecule has 0 saturated carbocycles. The largest absolute Gasteiger partial charge is 0.491 e. The van der Waals surface area contributed by atoms with E-state index in [1.165, 1.54) is 13.2 Å². The molecule has 0 N–H and O–H groups in total. The van der Waals surface area contributed by atoms with Crippen LogP contribution in [0.3, 0.4) is 0 Å². The molecular weight excluding hydrogens is 442 g/mol. The Morgan fingerprint density at radius 2 is 1.76 bits per heavy atom. The third kappa shape index (κ3) is 6.42. The summed E-state index contributed by atoms with van der Waals surface area (Å²) in [6.07, 6.45) is 3.23. The van der Waals surface area contributed by atoms with Crippen LogP contribution < -0.4 is 9.47 Å². The number of carbonyl (C=O) groups excluding carboxylic acids is 2. The Balaban J connectivity index is 1.55. The fourth-order valence-corrected chi connectivity index (χ4v) is 4.00. The number of hydrogen-bond acceptors (Lipinski definition) is 4. The summed E-state index contributed by atoms with van der Waals surface area (Å²) in [6, 6.07) is 13.4. The molecule has 1 fully saturated rings. The second kappa shape index (κ2) is 11.6. The van der Waals surface area contributed by atoms with E-state index in [4.69, 9.17) is 21.1 Å². The molecule has 0 atom stereocenters. The van der Waals surface area contributed by atoms with E-state index in [9.17, 15) is 9.59 Å². The quantitative estimate of drug-likeness (QED) is 0.569. The minimum atomic E-state index is -0.107. The Morgan fingerprint density at radius 3 is 2.39 bits per heavy atom. The number of hydrogen-bond donors (Lipinski definition) is 0. The average Bonchev–Trinajstić information content (AvgIpc) is 2.83. The average molecular weight is 472 g/mol. The van der Waals surface area contributed by atoms with Crippen LogP contribution in [0.4, 0.5) is 4.79 Å². The Kier molecular flexibility index (Phi) is 8.60. The summed E-state index contributed by atoms with van der Waals surface area (Å²) >= 11 is 6.28. The van der Waals surface area contributed by atoms with Crippen molar-refractivity contribution in [1.29, 1.82) is 0 Å². The molecule has 176 valence electrons. The van der Waals surface area contributed by atoms with Crippen molar-refractivity contribution < 1.29 is 19.1 Å². The smallest absolute Gasteiger partial charge is 0.320 e. The molecule has 1 aliphatic rings. The van der Waals surface area contributed by atoms with Crippen molar-refractivity contribution in [3.05, 3.63) is 64.7 Å². The molecule has 1 aliphatic heterocycles. The van der Waals surface area contributed by atoms with Gasteiger partial charge in [-0.05, 0) is 36.3 Å². The highest BCUT2D eigenvalue weighted by Crippen LogP contribution is 2.36. The summed E-state index contributed by atoms with van der Waals surface area (Å²) in [4.78, 5) is 30.7. The lowest BCUT2D eigenvalue weighted by Gasteiger charge is -2.36. The summed E-state index contributed by atoms with van der Waals surface area (Å²) < 4.78 is 10.9. The zero-order chi connectivity index (χ0) is 23.8. The first-order valence-corrected chi connectivity index (χ1v) is 11.3. The maximum absolute atomic E-state index is 12.8. The lowest BCUT2D eigenvalue weighted by atomic mass is 10.1. The first kappa shape index (κ1) is 24.5. The molecular formula is C25H30ClN3O4. The lowest BCUT2D eigenvalue weighted by Crippen LogP contribution is -2.53. The number of urea groups is 1. The number of ether oxygens (including phenoxy) is 2. The first-order chi connectivity index (χ1) is 15.9. The van der Waals surface area contributed by atoms with Crippen LogP contribution in [0.25, 0.3) is 6.08 Å². The molecule has 3 amide bonds. The van der Waals surface area contributed by atoms with Gasteiger partial charge in [0, 0.05) is 45.8 Å². The highest BCUT2D eigenvalue weighted by molar-refractivity contribution is 6.32. The summed E-state index contributed by atoms with van der Waals surface area (Å²) in [7, 11) is 3.33. The Hall–Kier alpha value is -3.19. The first-order valence-electron chi connectivity index (χ1n) is 10.9. The number of benzene rings is 2. The molecule has 2 aromatic carbocycles. The summed E-state index contributed by atoms with van der Waals surface area (Å²) in [6.45, 7) is 4.88. The third-order valence-electron chi connectivity index (χ3n) is 5.41. The number of nitrogens with zero attached hydrogens (tertiary/aromatic N) is 3. The Bertz CT molecular complexity index is 989.